The van der Waals surface area contributed by atoms with Crippen LogP contribution in [-0.2, 0) is 4.79 Å². The Hall–Kier alpha value is -0.500. The monoisotopic (exact) mass is 408 g/mol. The Balaban J connectivity index is 0.00000242. The minimum Gasteiger partial charge on any atom is -0.353 e. The highest BCUT2D eigenvalue weighted by Gasteiger charge is 2.25. The third kappa shape index (κ3) is 5.30. The number of pyridine rings is 1. The van der Waals surface area contributed by atoms with E-state index in [0.717, 1.165) is 35.6 Å². The van der Waals surface area contributed by atoms with Crippen molar-refractivity contribution >= 4 is 51.8 Å². The van der Waals surface area contributed by atoms with Crippen LogP contribution in [0, 0.1) is 0 Å². The molecule has 0 unspecified atom stereocenters. The number of nitrogens with two attached hydrogens (primary N) is 1. The minimum absolute atomic E-state index is 0. The number of thioether (sulfide) groups is 1. The summed E-state index contributed by atoms with van der Waals surface area (Å²) in [6, 6.07) is 3.61. The number of aromatic nitrogens is 1. The van der Waals surface area contributed by atoms with Crippen molar-refractivity contribution in [1.82, 2.24) is 9.88 Å². The van der Waals surface area contributed by atoms with Crippen LogP contribution in [0.15, 0.2) is 22.8 Å². The summed E-state index contributed by atoms with van der Waals surface area (Å²) in [4.78, 5) is 20.7. The maximum atomic E-state index is 12.2. The molecule has 1 aromatic rings. The molecule has 0 radical (unpaired) electrons. The Morgan fingerprint density at radius 2 is 2.09 bits per heavy atom. The Morgan fingerprint density at radius 1 is 1.41 bits per heavy atom. The predicted molar refractivity (Wildman–Crippen MR) is 99.0 cm³/mol. The summed E-state index contributed by atoms with van der Waals surface area (Å²) in [5.74, 6) is 1.96. The van der Waals surface area contributed by atoms with Gasteiger partial charge in [-0.1, -0.05) is 0 Å². The molecule has 0 aromatic carbocycles. The zero-order chi connectivity index (χ0) is 15.2. The summed E-state index contributed by atoms with van der Waals surface area (Å²) >= 11 is 5.11. The van der Waals surface area contributed by atoms with Gasteiger partial charge in [-0.25, -0.2) is 4.98 Å². The van der Waals surface area contributed by atoms with E-state index in [0.29, 0.717) is 13.1 Å². The third-order valence-corrected chi connectivity index (χ3v) is 4.69. The molecule has 1 saturated heterocycles. The lowest BCUT2D eigenvalue weighted by molar-refractivity contribution is -0.132. The van der Waals surface area contributed by atoms with Crippen molar-refractivity contribution in [2.75, 3.05) is 43.1 Å². The molecule has 1 amide bonds. The van der Waals surface area contributed by atoms with Gasteiger partial charge in [0.1, 0.15) is 5.82 Å². The first-order chi connectivity index (χ1) is 10.1. The number of carbonyl (C=O) groups is 1. The molecule has 0 spiro atoms. The molecule has 1 aliphatic rings. The van der Waals surface area contributed by atoms with Crippen LogP contribution in [0.4, 0.5) is 5.82 Å². The fraction of sp³-hybridized carbons (Fsp3) is 0.571. The molecule has 1 aliphatic heterocycles. The second-order valence-corrected chi connectivity index (χ2v) is 6.94. The van der Waals surface area contributed by atoms with Crippen LogP contribution >= 0.6 is 40.1 Å². The first-order valence-corrected chi connectivity index (χ1v) is 9.20. The Morgan fingerprint density at radius 3 is 2.64 bits per heavy atom. The number of amides is 1. The molecule has 5 nitrogen and oxygen atoms in total. The van der Waals surface area contributed by atoms with E-state index < -0.39 is 0 Å². The van der Waals surface area contributed by atoms with E-state index in [1.807, 2.05) is 23.3 Å². The fourth-order valence-electron chi connectivity index (χ4n) is 2.31. The van der Waals surface area contributed by atoms with Crippen LogP contribution < -0.4 is 10.6 Å². The largest absolute Gasteiger partial charge is 0.353 e. The van der Waals surface area contributed by atoms with Gasteiger partial charge >= 0.3 is 0 Å². The van der Waals surface area contributed by atoms with Gasteiger partial charge in [0.25, 0.3) is 0 Å². The van der Waals surface area contributed by atoms with Crippen LogP contribution in [0.25, 0.3) is 0 Å². The molecule has 2 rings (SSSR count). The highest BCUT2D eigenvalue weighted by Crippen LogP contribution is 2.17. The van der Waals surface area contributed by atoms with Crippen LogP contribution in [0.1, 0.15) is 6.42 Å². The number of nitrogens with zero attached hydrogens (tertiary/aromatic N) is 3. The van der Waals surface area contributed by atoms with Crippen molar-refractivity contribution in [3.05, 3.63) is 22.8 Å². The second kappa shape index (κ2) is 9.60. The standard InChI is InChI=1S/C14H21BrN4OS.ClH/c1-21-9-4-12(16)14(20)19-7-5-18(6-8-19)13-3-2-11(15)10-17-13;/h2-3,10,12H,4-9,16H2,1H3;1H/t12-;/m0./s1. The molecule has 2 N–H and O–H groups in total. The molecule has 0 bridgehead atoms. The van der Waals surface area contributed by atoms with Crippen molar-refractivity contribution in [2.45, 2.75) is 12.5 Å². The van der Waals surface area contributed by atoms with Crippen molar-refractivity contribution in [1.29, 1.82) is 0 Å². The molecule has 8 heteroatoms. The van der Waals surface area contributed by atoms with E-state index in [1.165, 1.54) is 0 Å². The Bertz CT molecular complexity index is 468. The van der Waals surface area contributed by atoms with Gasteiger partial charge in [-0.15, -0.1) is 12.4 Å². The van der Waals surface area contributed by atoms with Crippen molar-refractivity contribution < 1.29 is 4.79 Å². The van der Waals surface area contributed by atoms with E-state index in [1.54, 1.807) is 18.0 Å². The van der Waals surface area contributed by atoms with Crippen molar-refractivity contribution in [3.63, 3.8) is 0 Å². The van der Waals surface area contributed by atoms with Crippen molar-refractivity contribution in [2.24, 2.45) is 5.73 Å². The van der Waals surface area contributed by atoms with Gasteiger partial charge in [0, 0.05) is 36.8 Å². The zero-order valence-corrected chi connectivity index (χ0v) is 15.8. The lowest BCUT2D eigenvalue weighted by atomic mass is 10.2. The van der Waals surface area contributed by atoms with Gasteiger partial charge in [0.15, 0.2) is 0 Å². The van der Waals surface area contributed by atoms with E-state index in [2.05, 4.69) is 25.8 Å². The lowest BCUT2D eigenvalue weighted by Gasteiger charge is -2.36. The summed E-state index contributed by atoms with van der Waals surface area (Å²) in [7, 11) is 0. The fourth-order valence-corrected chi connectivity index (χ4v) is 3.04. The average molecular weight is 410 g/mol. The van der Waals surface area contributed by atoms with Gasteiger partial charge in [0.2, 0.25) is 5.91 Å². The van der Waals surface area contributed by atoms with Gasteiger partial charge < -0.3 is 15.5 Å². The molecule has 0 saturated carbocycles. The molecular formula is C14H22BrClN4OS. The number of anilines is 1. The molecular weight excluding hydrogens is 388 g/mol. The molecule has 1 fully saturated rings. The van der Waals surface area contributed by atoms with Crippen LogP contribution in [0.2, 0.25) is 0 Å². The SMILES string of the molecule is CSCC[C@H](N)C(=O)N1CCN(c2ccc(Br)cn2)CC1.Cl. The summed E-state index contributed by atoms with van der Waals surface area (Å²) in [6.45, 7) is 3.03. The normalized spacial score (nSPS) is 16.1. The Kier molecular flexibility index (Phi) is 8.53. The van der Waals surface area contributed by atoms with Gasteiger partial charge in [-0.2, -0.15) is 11.8 Å². The Labute approximate surface area is 150 Å². The summed E-state index contributed by atoms with van der Waals surface area (Å²) in [5.41, 5.74) is 5.96. The van der Waals surface area contributed by atoms with Crippen molar-refractivity contribution in [3.8, 4) is 0 Å². The molecule has 1 atom stereocenters. The summed E-state index contributed by atoms with van der Waals surface area (Å²) in [5, 5.41) is 0. The molecule has 0 aliphatic carbocycles. The van der Waals surface area contributed by atoms with Crippen LogP contribution in [0.3, 0.4) is 0 Å². The highest BCUT2D eigenvalue weighted by molar-refractivity contribution is 9.10. The highest BCUT2D eigenvalue weighted by atomic mass is 79.9. The van der Waals surface area contributed by atoms with E-state index in [4.69, 9.17) is 5.73 Å². The number of hydrogen-bond donors (Lipinski definition) is 1. The average Bonchev–Trinajstić information content (AvgIpc) is 2.53. The first kappa shape index (κ1) is 19.5. The maximum absolute atomic E-state index is 12.2. The lowest BCUT2D eigenvalue weighted by Crippen LogP contribution is -2.53. The number of halogens is 2. The van der Waals surface area contributed by atoms with E-state index in [-0.39, 0.29) is 24.4 Å². The topological polar surface area (TPSA) is 62.5 Å². The maximum Gasteiger partial charge on any atom is 0.239 e. The predicted octanol–water partition coefficient (Wildman–Crippen LogP) is 1.99. The second-order valence-electron chi connectivity index (χ2n) is 5.03. The summed E-state index contributed by atoms with van der Waals surface area (Å²) in [6.07, 6.45) is 4.57. The number of hydrogen-bond acceptors (Lipinski definition) is 5. The van der Waals surface area contributed by atoms with Crippen LogP contribution in [0.5, 0.6) is 0 Å². The van der Waals surface area contributed by atoms with Gasteiger partial charge in [0.05, 0.1) is 6.04 Å². The molecule has 1 aromatic heterocycles. The molecule has 2 heterocycles. The summed E-state index contributed by atoms with van der Waals surface area (Å²) < 4.78 is 0.972. The number of piperazine rings is 1. The van der Waals surface area contributed by atoms with E-state index >= 15 is 0 Å². The minimum atomic E-state index is -0.366. The third-order valence-electron chi connectivity index (χ3n) is 3.58. The quantitative estimate of drug-likeness (QED) is 0.806. The number of carbonyl (C=O) groups excluding carboxylic acids is 1. The molecule has 22 heavy (non-hydrogen) atoms. The number of rotatable bonds is 5. The zero-order valence-electron chi connectivity index (χ0n) is 12.6. The smallest absolute Gasteiger partial charge is 0.239 e. The van der Waals surface area contributed by atoms with Gasteiger partial charge in [-0.05, 0) is 46.5 Å². The first-order valence-electron chi connectivity index (χ1n) is 7.01. The van der Waals surface area contributed by atoms with Crippen LogP contribution in [-0.4, -0.2) is 60.0 Å². The van der Waals surface area contributed by atoms with Gasteiger partial charge in [-0.3, -0.25) is 4.79 Å². The van der Waals surface area contributed by atoms with E-state index in [9.17, 15) is 4.79 Å². The molecule has 124 valence electrons.